The molecule has 26 heavy (non-hydrogen) atoms. The van der Waals surface area contributed by atoms with E-state index in [1.54, 1.807) is 13.3 Å². The van der Waals surface area contributed by atoms with Crippen molar-refractivity contribution in [2.24, 2.45) is 5.92 Å². The molecular weight excluding hydrogens is 326 g/mol. The predicted octanol–water partition coefficient (Wildman–Crippen LogP) is 3.05. The number of piperidine rings is 1. The molecule has 1 aliphatic heterocycles. The number of ether oxygens (including phenoxy) is 1. The Balaban J connectivity index is 1.64. The van der Waals surface area contributed by atoms with Crippen LogP contribution >= 0.6 is 0 Å². The molecule has 0 radical (unpaired) electrons. The van der Waals surface area contributed by atoms with Crippen LogP contribution in [0.5, 0.6) is 5.75 Å². The van der Waals surface area contributed by atoms with Crippen LogP contribution in [0.25, 0.3) is 0 Å². The molecule has 1 fully saturated rings. The van der Waals surface area contributed by atoms with E-state index in [1.807, 2.05) is 29.3 Å². The van der Waals surface area contributed by atoms with Crippen molar-refractivity contribution in [3.05, 3.63) is 53.9 Å². The molecule has 1 aromatic carbocycles. The number of nitrogens with one attached hydrogen (secondary N) is 1. The summed E-state index contributed by atoms with van der Waals surface area (Å²) >= 11 is 0. The van der Waals surface area contributed by atoms with Gasteiger partial charge < -0.3 is 19.5 Å². The van der Waals surface area contributed by atoms with Gasteiger partial charge in [0.25, 0.3) is 5.91 Å². The molecule has 1 aliphatic rings. The third kappa shape index (κ3) is 4.88. The van der Waals surface area contributed by atoms with E-state index in [1.165, 1.54) is 5.56 Å². The highest BCUT2D eigenvalue weighted by molar-refractivity contribution is 5.94. The molecular formula is C21H29N3O2. The minimum absolute atomic E-state index is 0.124. The lowest BCUT2D eigenvalue weighted by molar-refractivity contribution is 0.0700. The third-order valence-corrected chi connectivity index (χ3v) is 5.28. The fraction of sp³-hybridized carbons (Fsp3) is 0.476. The maximum Gasteiger partial charge on any atom is 0.255 e. The van der Waals surface area contributed by atoms with Crippen LogP contribution in [-0.2, 0) is 6.42 Å². The number of likely N-dealkylation sites (tertiary alicyclic amines) is 1. The minimum Gasteiger partial charge on any atom is -0.497 e. The van der Waals surface area contributed by atoms with Gasteiger partial charge in [-0.2, -0.15) is 0 Å². The Bertz CT molecular complexity index is 674. The number of carbonyl (C=O) groups excluding carboxylic acids is 1. The molecule has 2 heterocycles. The van der Waals surface area contributed by atoms with Crippen molar-refractivity contribution in [1.82, 2.24) is 14.8 Å². The second-order valence-electron chi connectivity index (χ2n) is 7.20. The molecule has 2 aromatic rings. The Labute approximate surface area is 156 Å². The van der Waals surface area contributed by atoms with Gasteiger partial charge in [-0.1, -0.05) is 12.1 Å². The second kappa shape index (κ2) is 8.90. The van der Waals surface area contributed by atoms with Crippen LogP contribution in [0.1, 0.15) is 28.8 Å². The average Bonchev–Trinajstić information content (AvgIpc) is 3.21. The number of aromatic amines is 1. The van der Waals surface area contributed by atoms with E-state index in [2.05, 4.69) is 29.1 Å². The maximum atomic E-state index is 12.9. The lowest BCUT2D eigenvalue weighted by atomic mass is 9.96. The van der Waals surface area contributed by atoms with Crippen LogP contribution in [0.3, 0.4) is 0 Å². The standard InChI is InChI=1S/C21H29N3O2/c1-23-12-8-18(9-13-23)16-24(21(25)19-7-11-22-15-19)14-10-17-3-5-20(26-2)6-4-17/h3-7,11,15,18,22H,8-10,12-14,16H2,1-2H3. The topological polar surface area (TPSA) is 48.6 Å². The maximum absolute atomic E-state index is 12.9. The first kappa shape index (κ1) is 18.5. The zero-order chi connectivity index (χ0) is 18.4. The monoisotopic (exact) mass is 355 g/mol. The molecule has 3 rings (SSSR count). The molecule has 0 unspecified atom stereocenters. The van der Waals surface area contributed by atoms with Crippen LogP contribution in [0.15, 0.2) is 42.7 Å². The van der Waals surface area contributed by atoms with Crippen LogP contribution < -0.4 is 4.74 Å². The molecule has 0 aliphatic carbocycles. The second-order valence-corrected chi connectivity index (χ2v) is 7.20. The Morgan fingerprint density at radius 1 is 1.23 bits per heavy atom. The lowest BCUT2D eigenvalue weighted by Crippen LogP contribution is -2.40. The molecule has 0 atom stereocenters. The summed E-state index contributed by atoms with van der Waals surface area (Å²) in [5, 5.41) is 0. The number of carbonyl (C=O) groups is 1. The first-order chi connectivity index (χ1) is 12.7. The summed E-state index contributed by atoms with van der Waals surface area (Å²) in [5.74, 6) is 1.57. The van der Waals surface area contributed by atoms with Crippen molar-refractivity contribution in [3.63, 3.8) is 0 Å². The number of hydrogen-bond donors (Lipinski definition) is 1. The molecule has 0 bridgehead atoms. The van der Waals surface area contributed by atoms with E-state index in [-0.39, 0.29) is 5.91 Å². The third-order valence-electron chi connectivity index (χ3n) is 5.28. The minimum atomic E-state index is 0.124. The summed E-state index contributed by atoms with van der Waals surface area (Å²) in [5.41, 5.74) is 1.97. The van der Waals surface area contributed by atoms with E-state index < -0.39 is 0 Å². The summed E-state index contributed by atoms with van der Waals surface area (Å²) in [7, 11) is 3.84. The first-order valence-corrected chi connectivity index (χ1v) is 9.39. The number of rotatable bonds is 7. The summed E-state index contributed by atoms with van der Waals surface area (Å²) in [6.07, 6.45) is 6.78. The normalized spacial score (nSPS) is 15.8. The zero-order valence-electron chi connectivity index (χ0n) is 15.8. The van der Waals surface area contributed by atoms with Crippen molar-refractivity contribution in [1.29, 1.82) is 0 Å². The van der Waals surface area contributed by atoms with E-state index in [9.17, 15) is 4.79 Å². The average molecular weight is 355 g/mol. The van der Waals surface area contributed by atoms with Crippen LogP contribution in [0.2, 0.25) is 0 Å². The van der Waals surface area contributed by atoms with Crippen molar-refractivity contribution >= 4 is 5.91 Å². The van der Waals surface area contributed by atoms with Gasteiger partial charge in [-0.05, 0) is 69.1 Å². The Kier molecular flexibility index (Phi) is 6.34. The number of nitrogens with zero attached hydrogens (tertiary/aromatic N) is 2. The summed E-state index contributed by atoms with van der Waals surface area (Å²) < 4.78 is 5.22. The van der Waals surface area contributed by atoms with Gasteiger partial charge in [0, 0.05) is 25.5 Å². The van der Waals surface area contributed by atoms with Gasteiger partial charge in [0.1, 0.15) is 5.75 Å². The van der Waals surface area contributed by atoms with Crippen LogP contribution in [-0.4, -0.2) is 61.0 Å². The first-order valence-electron chi connectivity index (χ1n) is 9.39. The van der Waals surface area contributed by atoms with Gasteiger partial charge in [-0.3, -0.25) is 4.79 Å². The summed E-state index contributed by atoms with van der Waals surface area (Å²) in [4.78, 5) is 20.3. The largest absolute Gasteiger partial charge is 0.497 e. The van der Waals surface area contributed by atoms with Crippen LogP contribution in [0, 0.1) is 5.92 Å². The smallest absolute Gasteiger partial charge is 0.255 e. The zero-order valence-corrected chi connectivity index (χ0v) is 15.8. The Morgan fingerprint density at radius 3 is 2.58 bits per heavy atom. The summed E-state index contributed by atoms with van der Waals surface area (Å²) in [6, 6.07) is 9.97. The number of aromatic nitrogens is 1. The van der Waals surface area contributed by atoms with Gasteiger partial charge in [-0.15, -0.1) is 0 Å². The van der Waals surface area contributed by atoms with E-state index in [0.29, 0.717) is 5.92 Å². The lowest BCUT2D eigenvalue weighted by Gasteiger charge is -2.33. The highest BCUT2D eigenvalue weighted by atomic mass is 16.5. The van der Waals surface area contributed by atoms with E-state index >= 15 is 0 Å². The van der Waals surface area contributed by atoms with Gasteiger partial charge in [0.2, 0.25) is 0 Å². The molecule has 1 saturated heterocycles. The van der Waals surface area contributed by atoms with Crippen molar-refractivity contribution in [2.45, 2.75) is 19.3 Å². The molecule has 1 N–H and O–H groups in total. The Hall–Kier alpha value is -2.27. The molecule has 5 nitrogen and oxygen atoms in total. The molecule has 0 spiro atoms. The number of hydrogen-bond acceptors (Lipinski definition) is 3. The molecule has 140 valence electrons. The molecule has 5 heteroatoms. The number of benzene rings is 1. The van der Waals surface area contributed by atoms with Gasteiger partial charge in [0.05, 0.1) is 12.7 Å². The van der Waals surface area contributed by atoms with E-state index in [4.69, 9.17) is 4.74 Å². The van der Waals surface area contributed by atoms with Gasteiger partial charge in [0.15, 0.2) is 0 Å². The number of H-pyrrole nitrogens is 1. The number of methoxy groups -OCH3 is 1. The van der Waals surface area contributed by atoms with Gasteiger partial charge in [-0.25, -0.2) is 0 Å². The molecule has 0 saturated carbocycles. The molecule has 1 aromatic heterocycles. The number of amides is 1. The van der Waals surface area contributed by atoms with E-state index in [0.717, 1.165) is 56.8 Å². The summed E-state index contributed by atoms with van der Waals surface area (Å²) in [6.45, 7) is 3.82. The van der Waals surface area contributed by atoms with Crippen molar-refractivity contribution in [3.8, 4) is 5.75 Å². The molecule has 1 amide bonds. The predicted molar refractivity (Wildman–Crippen MR) is 104 cm³/mol. The van der Waals surface area contributed by atoms with Gasteiger partial charge >= 0.3 is 0 Å². The highest BCUT2D eigenvalue weighted by Gasteiger charge is 2.23. The van der Waals surface area contributed by atoms with Crippen molar-refractivity contribution < 1.29 is 9.53 Å². The van der Waals surface area contributed by atoms with Crippen LogP contribution in [0.4, 0.5) is 0 Å². The Morgan fingerprint density at radius 2 is 1.96 bits per heavy atom. The SMILES string of the molecule is COc1ccc(CCN(CC2CCN(C)CC2)C(=O)c2cc[nH]c2)cc1. The fourth-order valence-corrected chi connectivity index (χ4v) is 3.53. The fourth-order valence-electron chi connectivity index (χ4n) is 3.53. The van der Waals surface area contributed by atoms with Crippen molar-refractivity contribution in [2.75, 3.05) is 40.3 Å². The highest BCUT2D eigenvalue weighted by Crippen LogP contribution is 2.19. The quantitative estimate of drug-likeness (QED) is 0.830.